The number of hydrogen-bond acceptors (Lipinski definition) is 4. The van der Waals surface area contributed by atoms with Gasteiger partial charge in [-0.25, -0.2) is 0 Å². The van der Waals surface area contributed by atoms with Crippen molar-refractivity contribution in [2.45, 2.75) is 38.7 Å². The Morgan fingerprint density at radius 1 is 1.60 bits per heavy atom. The fourth-order valence-electron chi connectivity index (χ4n) is 2.01. The predicted octanol–water partition coefficient (Wildman–Crippen LogP) is 1.77. The Morgan fingerprint density at radius 2 is 2.27 bits per heavy atom. The summed E-state index contributed by atoms with van der Waals surface area (Å²) in [6.45, 7) is 3.66. The van der Waals surface area contributed by atoms with E-state index in [1.54, 1.807) is 0 Å². The molecule has 1 saturated heterocycles. The molecule has 0 bridgehead atoms. The molecule has 0 amide bonds. The van der Waals surface area contributed by atoms with Crippen LogP contribution in [0.4, 0.5) is 0 Å². The summed E-state index contributed by atoms with van der Waals surface area (Å²) in [6.07, 6.45) is 1.09. The van der Waals surface area contributed by atoms with Crippen molar-refractivity contribution in [3.8, 4) is 12.1 Å². The second kappa shape index (κ2) is 4.31. The summed E-state index contributed by atoms with van der Waals surface area (Å²) in [5.74, 6) is -0.678. The largest absolute Gasteiger partial charge is 0.460 e. The number of carbonyl (C=O) groups excluding carboxylic acids is 1. The lowest BCUT2D eigenvalue weighted by Gasteiger charge is -2.35. The minimum absolute atomic E-state index is 0.0501. The monoisotopic (exact) mass is 206 g/mol. The van der Waals surface area contributed by atoms with E-state index in [0.29, 0.717) is 6.42 Å². The highest BCUT2D eigenvalue weighted by Crippen LogP contribution is 2.34. The standard InChI is InChI=1S/C11H14N2O2/c1-11(2)6-9(5-10(14)15-11)8(7-13)3-4-12/h8-9H,3,5-6H2,1-2H3/t8?,9-/m1/s1. The molecule has 0 aliphatic carbocycles. The van der Waals surface area contributed by atoms with Gasteiger partial charge in [0.25, 0.3) is 0 Å². The van der Waals surface area contributed by atoms with Gasteiger partial charge in [-0.05, 0) is 26.2 Å². The van der Waals surface area contributed by atoms with E-state index in [2.05, 4.69) is 6.07 Å². The number of hydrogen-bond donors (Lipinski definition) is 0. The molecule has 1 rings (SSSR count). The van der Waals surface area contributed by atoms with Gasteiger partial charge >= 0.3 is 5.97 Å². The van der Waals surface area contributed by atoms with Gasteiger partial charge in [0.1, 0.15) is 5.60 Å². The maximum atomic E-state index is 11.3. The van der Waals surface area contributed by atoms with Crippen LogP contribution in [0.3, 0.4) is 0 Å². The van der Waals surface area contributed by atoms with Crippen molar-refractivity contribution in [3.63, 3.8) is 0 Å². The van der Waals surface area contributed by atoms with E-state index in [1.165, 1.54) is 0 Å². The second-order valence-corrected chi connectivity index (χ2v) is 4.50. The van der Waals surface area contributed by atoms with Gasteiger partial charge in [0.05, 0.1) is 24.5 Å². The van der Waals surface area contributed by atoms with Crippen molar-refractivity contribution in [2.24, 2.45) is 11.8 Å². The number of ether oxygens (including phenoxy) is 1. The summed E-state index contributed by atoms with van der Waals surface area (Å²) in [6, 6.07) is 4.08. The van der Waals surface area contributed by atoms with Crippen LogP contribution in [-0.4, -0.2) is 11.6 Å². The molecule has 1 aliphatic rings. The van der Waals surface area contributed by atoms with Crippen LogP contribution in [0.25, 0.3) is 0 Å². The molecular weight excluding hydrogens is 192 g/mol. The van der Waals surface area contributed by atoms with Crippen LogP contribution in [0.2, 0.25) is 0 Å². The highest BCUT2D eigenvalue weighted by atomic mass is 16.6. The molecule has 0 aromatic carbocycles. The van der Waals surface area contributed by atoms with Crippen molar-refractivity contribution in [2.75, 3.05) is 0 Å². The van der Waals surface area contributed by atoms with Crippen LogP contribution in [0.1, 0.15) is 33.1 Å². The number of rotatable bonds is 2. The van der Waals surface area contributed by atoms with Gasteiger partial charge in [0.2, 0.25) is 0 Å². The minimum Gasteiger partial charge on any atom is -0.460 e. The third kappa shape index (κ3) is 2.95. The van der Waals surface area contributed by atoms with Gasteiger partial charge in [0, 0.05) is 6.42 Å². The maximum absolute atomic E-state index is 11.3. The van der Waals surface area contributed by atoms with E-state index in [-0.39, 0.29) is 30.6 Å². The Hall–Kier alpha value is -1.55. The summed E-state index contributed by atoms with van der Waals surface area (Å²) in [4.78, 5) is 11.3. The van der Waals surface area contributed by atoms with Crippen LogP contribution in [0.15, 0.2) is 0 Å². The van der Waals surface area contributed by atoms with Crippen molar-refractivity contribution in [1.82, 2.24) is 0 Å². The zero-order chi connectivity index (χ0) is 11.5. The number of nitriles is 2. The Kier molecular flexibility index (Phi) is 3.31. The van der Waals surface area contributed by atoms with E-state index in [0.717, 1.165) is 0 Å². The van der Waals surface area contributed by atoms with E-state index >= 15 is 0 Å². The van der Waals surface area contributed by atoms with Crippen molar-refractivity contribution >= 4 is 5.97 Å². The lowest BCUT2D eigenvalue weighted by Crippen LogP contribution is -2.39. The number of esters is 1. The molecular formula is C11H14N2O2. The molecule has 4 heteroatoms. The van der Waals surface area contributed by atoms with E-state index in [1.807, 2.05) is 19.9 Å². The quantitative estimate of drug-likeness (QED) is 0.645. The Balaban J connectivity index is 2.74. The third-order valence-corrected chi connectivity index (χ3v) is 2.62. The minimum atomic E-state index is -0.509. The normalized spacial score (nSPS) is 25.9. The van der Waals surface area contributed by atoms with E-state index in [4.69, 9.17) is 15.3 Å². The lowest BCUT2D eigenvalue weighted by molar-refractivity contribution is -0.168. The molecule has 0 radical (unpaired) electrons. The fourth-order valence-corrected chi connectivity index (χ4v) is 2.01. The molecule has 15 heavy (non-hydrogen) atoms. The van der Waals surface area contributed by atoms with Crippen molar-refractivity contribution in [3.05, 3.63) is 0 Å². The molecule has 0 aromatic rings. The molecule has 0 spiro atoms. The third-order valence-electron chi connectivity index (χ3n) is 2.62. The van der Waals surface area contributed by atoms with Gasteiger partial charge in [-0.3, -0.25) is 4.79 Å². The SMILES string of the molecule is CC1(C)C[C@H](C(C#N)CC#N)CC(=O)O1. The van der Waals surface area contributed by atoms with Crippen molar-refractivity contribution in [1.29, 1.82) is 10.5 Å². The number of cyclic esters (lactones) is 1. The molecule has 1 aliphatic heterocycles. The van der Waals surface area contributed by atoms with Crippen molar-refractivity contribution < 1.29 is 9.53 Å². The van der Waals surface area contributed by atoms with E-state index < -0.39 is 5.60 Å². The van der Waals surface area contributed by atoms with Crippen LogP contribution < -0.4 is 0 Å². The molecule has 1 heterocycles. The van der Waals surface area contributed by atoms with Gasteiger partial charge in [-0.15, -0.1) is 0 Å². The van der Waals surface area contributed by atoms with Gasteiger partial charge in [-0.1, -0.05) is 0 Å². The van der Waals surface area contributed by atoms with Gasteiger partial charge < -0.3 is 4.74 Å². The van der Waals surface area contributed by atoms with Crippen LogP contribution >= 0.6 is 0 Å². The molecule has 4 nitrogen and oxygen atoms in total. The Labute approximate surface area is 89.4 Å². The molecule has 0 N–H and O–H groups in total. The van der Waals surface area contributed by atoms with Crippen LogP contribution in [-0.2, 0) is 9.53 Å². The smallest absolute Gasteiger partial charge is 0.306 e. The first kappa shape index (κ1) is 11.5. The van der Waals surface area contributed by atoms with Gasteiger partial charge in [0.15, 0.2) is 0 Å². The summed E-state index contributed by atoms with van der Waals surface area (Å²) in [7, 11) is 0. The lowest BCUT2D eigenvalue weighted by atomic mass is 9.79. The predicted molar refractivity (Wildman–Crippen MR) is 52.2 cm³/mol. The molecule has 0 saturated carbocycles. The molecule has 1 fully saturated rings. The molecule has 2 atom stereocenters. The highest BCUT2D eigenvalue weighted by Gasteiger charge is 2.38. The zero-order valence-electron chi connectivity index (χ0n) is 8.99. The van der Waals surface area contributed by atoms with E-state index in [9.17, 15) is 4.79 Å². The second-order valence-electron chi connectivity index (χ2n) is 4.50. The first-order chi connectivity index (χ1) is 6.98. The number of nitrogens with zero attached hydrogens (tertiary/aromatic N) is 2. The maximum Gasteiger partial charge on any atom is 0.306 e. The van der Waals surface area contributed by atoms with Crippen LogP contribution in [0.5, 0.6) is 0 Å². The summed E-state index contributed by atoms with van der Waals surface area (Å²) in [5.41, 5.74) is -0.509. The Bertz CT molecular complexity index is 335. The average molecular weight is 206 g/mol. The summed E-state index contributed by atoms with van der Waals surface area (Å²) in [5, 5.41) is 17.5. The molecule has 0 aromatic heterocycles. The first-order valence-electron chi connectivity index (χ1n) is 4.97. The Morgan fingerprint density at radius 3 is 2.73 bits per heavy atom. The number of carbonyl (C=O) groups is 1. The van der Waals surface area contributed by atoms with Gasteiger partial charge in [-0.2, -0.15) is 10.5 Å². The molecule has 80 valence electrons. The summed E-state index contributed by atoms with van der Waals surface area (Å²) >= 11 is 0. The zero-order valence-corrected chi connectivity index (χ0v) is 8.99. The topological polar surface area (TPSA) is 73.9 Å². The summed E-state index contributed by atoms with van der Waals surface area (Å²) < 4.78 is 5.15. The average Bonchev–Trinajstić information content (AvgIpc) is 2.10. The molecule has 1 unspecified atom stereocenters. The fraction of sp³-hybridized carbons (Fsp3) is 0.727. The van der Waals surface area contributed by atoms with Crippen LogP contribution in [0, 0.1) is 34.5 Å². The highest BCUT2D eigenvalue weighted by molar-refractivity contribution is 5.71. The first-order valence-corrected chi connectivity index (χ1v) is 4.97.